The van der Waals surface area contributed by atoms with Crippen LogP contribution in [0, 0.1) is 0 Å². The minimum absolute atomic E-state index is 0.0653. The Balaban J connectivity index is 1.53. The number of nitrogens with one attached hydrogen (secondary N) is 1. The fourth-order valence-electron chi connectivity index (χ4n) is 4.01. The van der Waals surface area contributed by atoms with E-state index in [1.54, 1.807) is 42.5 Å². The van der Waals surface area contributed by atoms with Gasteiger partial charge in [-0.15, -0.1) is 22.7 Å². The van der Waals surface area contributed by atoms with Crippen molar-refractivity contribution >= 4 is 49.7 Å². The van der Waals surface area contributed by atoms with Gasteiger partial charge in [0.25, 0.3) is 5.91 Å². The SMILES string of the molecule is CCOc1ccc(C(=O)Nc2sc3c(c2-c2nc4ccccc4s2)CCN(C(C)=O)C3)cc1. The Morgan fingerprint density at radius 3 is 2.64 bits per heavy atom. The Morgan fingerprint density at radius 2 is 1.91 bits per heavy atom. The molecule has 0 bridgehead atoms. The summed E-state index contributed by atoms with van der Waals surface area (Å²) in [7, 11) is 0. The molecule has 0 atom stereocenters. The largest absolute Gasteiger partial charge is 0.494 e. The van der Waals surface area contributed by atoms with Gasteiger partial charge in [0.1, 0.15) is 15.8 Å². The Morgan fingerprint density at radius 1 is 1.12 bits per heavy atom. The summed E-state index contributed by atoms with van der Waals surface area (Å²) in [6.45, 7) is 5.34. The number of ether oxygens (including phenoxy) is 1. The standard InChI is InChI=1S/C25H23N3O3S2/c1-3-31-17-10-8-16(9-11-17)23(30)27-25-22(24-26-19-6-4-5-7-20(19)32-24)18-12-13-28(15(2)29)14-21(18)33-25/h4-11H,3,12-14H2,1-2H3,(H,27,30). The first-order valence-corrected chi connectivity index (χ1v) is 12.5. The normalized spacial score (nSPS) is 13.1. The van der Waals surface area contributed by atoms with Crippen molar-refractivity contribution in [1.29, 1.82) is 0 Å². The van der Waals surface area contributed by atoms with Gasteiger partial charge in [-0.1, -0.05) is 12.1 Å². The fraction of sp³-hybridized carbons (Fsp3) is 0.240. The maximum absolute atomic E-state index is 13.1. The van der Waals surface area contributed by atoms with E-state index in [-0.39, 0.29) is 11.8 Å². The number of thiophene rings is 1. The van der Waals surface area contributed by atoms with Gasteiger partial charge >= 0.3 is 0 Å². The molecule has 1 aliphatic rings. The third-order valence-corrected chi connectivity index (χ3v) is 7.85. The van der Waals surface area contributed by atoms with E-state index in [0.29, 0.717) is 25.3 Å². The van der Waals surface area contributed by atoms with E-state index >= 15 is 0 Å². The highest BCUT2D eigenvalue weighted by molar-refractivity contribution is 7.23. The maximum atomic E-state index is 13.1. The number of carbonyl (C=O) groups excluding carboxylic acids is 2. The van der Waals surface area contributed by atoms with Crippen LogP contribution in [0.15, 0.2) is 48.5 Å². The number of anilines is 1. The molecule has 3 heterocycles. The number of fused-ring (bicyclic) bond motifs is 2. The van der Waals surface area contributed by atoms with Crippen LogP contribution >= 0.6 is 22.7 Å². The minimum Gasteiger partial charge on any atom is -0.494 e. The van der Waals surface area contributed by atoms with E-state index in [9.17, 15) is 9.59 Å². The summed E-state index contributed by atoms with van der Waals surface area (Å²) in [6.07, 6.45) is 0.746. The van der Waals surface area contributed by atoms with E-state index < -0.39 is 0 Å². The van der Waals surface area contributed by atoms with Crippen LogP contribution in [0.25, 0.3) is 20.8 Å². The number of nitrogens with zero attached hydrogens (tertiary/aromatic N) is 2. The number of hydrogen-bond donors (Lipinski definition) is 1. The molecule has 2 aromatic carbocycles. The first-order chi connectivity index (χ1) is 16.0. The van der Waals surface area contributed by atoms with Crippen molar-refractivity contribution in [2.75, 3.05) is 18.5 Å². The van der Waals surface area contributed by atoms with Gasteiger partial charge in [-0.05, 0) is 55.3 Å². The molecule has 168 valence electrons. The number of hydrogen-bond acceptors (Lipinski definition) is 6. The van der Waals surface area contributed by atoms with Gasteiger partial charge < -0.3 is 15.0 Å². The molecule has 0 saturated carbocycles. The van der Waals surface area contributed by atoms with Crippen LogP contribution < -0.4 is 10.1 Å². The third kappa shape index (κ3) is 4.24. The van der Waals surface area contributed by atoms with Crippen molar-refractivity contribution in [2.24, 2.45) is 0 Å². The van der Waals surface area contributed by atoms with Crippen molar-refractivity contribution in [3.8, 4) is 16.3 Å². The summed E-state index contributed by atoms with van der Waals surface area (Å²) in [4.78, 5) is 32.9. The summed E-state index contributed by atoms with van der Waals surface area (Å²) in [5, 5.41) is 4.80. The van der Waals surface area contributed by atoms with Gasteiger partial charge in [0.2, 0.25) is 5.91 Å². The molecule has 8 heteroatoms. The maximum Gasteiger partial charge on any atom is 0.256 e. The predicted octanol–water partition coefficient (Wildman–Crippen LogP) is 5.58. The second kappa shape index (κ2) is 8.96. The number of benzene rings is 2. The Hall–Kier alpha value is -3.23. The van der Waals surface area contributed by atoms with Crippen molar-refractivity contribution < 1.29 is 14.3 Å². The summed E-state index contributed by atoms with van der Waals surface area (Å²) in [5.41, 5.74) is 3.67. The summed E-state index contributed by atoms with van der Waals surface area (Å²) < 4.78 is 6.59. The zero-order chi connectivity index (χ0) is 22.9. The molecule has 0 spiro atoms. The third-order valence-electron chi connectivity index (χ3n) is 5.66. The van der Waals surface area contributed by atoms with Crippen LogP contribution in [0.2, 0.25) is 0 Å². The Bertz CT molecular complexity index is 1310. The fourth-order valence-corrected chi connectivity index (χ4v) is 6.38. The van der Waals surface area contributed by atoms with Gasteiger partial charge in [-0.2, -0.15) is 0 Å². The highest BCUT2D eigenvalue weighted by Gasteiger charge is 2.28. The highest BCUT2D eigenvalue weighted by atomic mass is 32.1. The topological polar surface area (TPSA) is 71.5 Å². The molecule has 0 saturated heterocycles. The number of para-hydroxylation sites is 1. The second-order valence-electron chi connectivity index (χ2n) is 7.80. The molecule has 4 aromatic rings. The molecule has 0 radical (unpaired) electrons. The Kier molecular flexibility index (Phi) is 5.86. The van der Waals surface area contributed by atoms with Gasteiger partial charge in [-0.25, -0.2) is 4.98 Å². The van der Waals surface area contributed by atoms with Crippen molar-refractivity contribution in [3.05, 3.63) is 64.5 Å². The molecule has 0 fully saturated rings. The van der Waals surface area contributed by atoms with E-state index in [1.165, 1.54) is 16.9 Å². The summed E-state index contributed by atoms with van der Waals surface area (Å²) in [5.74, 6) is 0.623. The van der Waals surface area contributed by atoms with Crippen LogP contribution in [0.5, 0.6) is 5.75 Å². The molecule has 33 heavy (non-hydrogen) atoms. The van der Waals surface area contributed by atoms with Crippen LogP contribution in [0.1, 0.15) is 34.6 Å². The zero-order valence-electron chi connectivity index (χ0n) is 18.4. The van der Waals surface area contributed by atoms with Gasteiger partial charge in [0.15, 0.2) is 0 Å². The molecular formula is C25H23N3O3S2. The van der Waals surface area contributed by atoms with Crippen LogP contribution in [-0.2, 0) is 17.8 Å². The average Bonchev–Trinajstić information content (AvgIpc) is 3.39. The number of carbonyl (C=O) groups is 2. The molecule has 0 aliphatic carbocycles. The first kappa shape index (κ1) is 21.6. The highest BCUT2D eigenvalue weighted by Crippen LogP contribution is 2.45. The van der Waals surface area contributed by atoms with Crippen LogP contribution in [0.4, 0.5) is 5.00 Å². The van der Waals surface area contributed by atoms with Crippen LogP contribution in [0.3, 0.4) is 0 Å². The summed E-state index contributed by atoms with van der Waals surface area (Å²) >= 11 is 3.16. The van der Waals surface area contributed by atoms with E-state index in [1.807, 2.05) is 30.0 Å². The zero-order valence-corrected chi connectivity index (χ0v) is 20.0. The smallest absolute Gasteiger partial charge is 0.256 e. The van der Waals surface area contributed by atoms with Crippen molar-refractivity contribution in [3.63, 3.8) is 0 Å². The molecular weight excluding hydrogens is 454 g/mol. The van der Waals surface area contributed by atoms with E-state index in [0.717, 1.165) is 42.8 Å². The number of aromatic nitrogens is 1. The number of rotatable bonds is 5. The molecule has 0 unspecified atom stereocenters. The van der Waals surface area contributed by atoms with E-state index in [4.69, 9.17) is 9.72 Å². The molecule has 2 amide bonds. The van der Waals surface area contributed by atoms with Gasteiger partial charge in [0, 0.05) is 29.5 Å². The average molecular weight is 478 g/mol. The summed E-state index contributed by atoms with van der Waals surface area (Å²) in [6, 6.07) is 15.2. The lowest BCUT2D eigenvalue weighted by Gasteiger charge is -2.26. The predicted molar refractivity (Wildman–Crippen MR) is 133 cm³/mol. The Labute approximate surface area is 199 Å². The van der Waals surface area contributed by atoms with Gasteiger partial charge in [0.05, 0.1) is 23.4 Å². The molecule has 5 rings (SSSR count). The number of amides is 2. The van der Waals surface area contributed by atoms with E-state index in [2.05, 4.69) is 11.4 Å². The lowest BCUT2D eigenvalue weighted by molar-refractivity contribution is -0.129. The lowest BCUT2D eigenvalue weighted by atomic mass is 10.0. The molecule has 1 aliphatic heterocycles. The number of thiazole rings is 1. The quantitative estimate of drug-likeness (QED) is 0.407. The van der Waals surface area contributed by atoms with Crippen LogP contribution in [-0.4, -0.2) is 34.8 Å². The molecule has 2 aromatic heterocycles. The molecule has 1 N–H and O–H groups in total. The second-order valence-corrected chi connectivity index (χ2v) is 9.93. The van der Waals surface area contributed by atoms with Gasteiger partial charge in [-0.3, -0.25) is 9.59 Å². The molecule has 6 nitrogen and oxygen atoms in total. The monoisotopic (exact) mass is 477 g/mol. The lowest BCUT2D eigenvalue weighted by Crippen LogP contribution is -2.33. The first-order valence-electron chi connectivity index (χ1n) is 10.8. The minimum atomic E-state index is -0.178. The van der Waals surface area contributed by atoms with Crippen molar-refractivity contribution in [2.45, 2.75) is 26.8 Å². The van der Waals surface area contributed by atoms with Crippen molar-refractivity contribution in [1.82, 2.24) is 9.88 Å².